The topological polar surface area (TPSA) is 118 Å². The minimum atomic E-state index is -1.45. The number of hydrogen-bond donors (Lipinski definition) is 3. The number of methoxy groups -OCH3 is 1. The second-order valence-electron chi connectivity index (χ2n) is 11.1. The zero-order chi connectivity index (χ0) is 31.3. The van der Waals surface area contributed by atoms with Crippen molar-refractivity contribution in [2.24, 2.45) is 11.7 Å². The van der Waals surface area contributed by atoms with E-state index >= 15 is 0 Å². The van der Waals surface area contributed by atoms with Crippen molar-refractivity contribution in [2.45, 2.75) is 37.8 Å². The van der Waals surface area contributed by atoms with Crippen LogP contribution in [0, 0.1) is 11.7 Å². The summed E-state index contributed by atoms with van der Waals surface area (Å²) in [5, 5.41) is 16.8. The summed E-state index contributed by atoms with van der Waals surface area (Å²) in [4.78, 5) is 31.5. The lowest BCUT2D eigenvalue weighted by atomic mass is 9.72. The maximum Gasteiger partial charge on any atom is 0.406 e. The third kappa shape index (κ3) is 6.55. The quantitative estimate of drug-likeness (QED) is 0.197. The Bertz CT molecular complexity index is 1670. The molecule has 3 aromatic carbocycles. The van der Waals surface area contributed by atoms with Crippen LogP contribution in [0.15, 0.2) is 72.9 Å². The van der Waals surface area contributed by atoms with Gasteiger partial charge in [0.15, 0.2) is 0 Å². The van der Waals surface area contributed by atoms with E-state index in [9.17, 15) is 19.1 Å². The van der Waals surface area contributed by atoms with Crippen LogP contribution in [0.1, 0.15) is 47.2 Å². The number of hydrogen-bond acceptors (Lipinski definition) is 6. The van der Waals surface area contributed by atoms with Crippen LogP contribution in [-0.4, -0.2) is 53.7 Å². The number of alkyl carbamates (subject to hydrolysis) is 1. The molecule has 4 N–H and O–H groups in total. The number of amides is 2. The number of pyridine rings is 1. The van der Waals surface area contributed by atoms with Gasteiger partial charge in [0.05, 0.1) is 23.8 Å². The first-order chi connectivity index (χ1) is 21.2. The van der Waals surface area contributed by atoms with Crippen LogP contribution in [0.5, 0.6) is 0 Å². The van der Waals surface area contributed by atoms with Crippen molar-refractivity contribution < 1.29 is 23.8 Å². The Morgan fingerprint density at radius 1 is 1.18 bits per heavy atom. The molecule has 4 aromatic rings. The molecule has 0 spiro atoms. The van der Waals surface area contributed by atoms with Crippen molar-refractivity contribution in [3.05, 3.63) is 100 Å². The SMILES string of the molecule is COC(=O)NCCC[C@@](O)(c1cccc(Cl)c1-c1cnc2ccccc2c1)[C@@H]1CCCN(C(=O)c2ccc(CN)cc2F)C1. The van der Waals surface area contributed by atoms with Crippen LogP contribution < -0.4 is 11.1 Å². The number of benzene rings is 3. The molecule has 8 nitrogen and oxygen atoms in total. The monoisotopic (exact) mass is 618 g/mol. The summed E-state index contributed by atoms with van der Waals surface area (Å²) in [6.45, 7) is 1.09. The van der Waals surface area contributed by atoms with Crippen molar-refractivity contribution in [2.75, 3.05) is 26.7 Å². The molecule has 1 saturated heterocycles. The number of ether oxygens (including phenoxy) is 1. The molecular formula is C34H36ClFN4O4. The molecule has 1 aliphatic heterocycles. The van der Waals surface area contributed by atoms with Crippen molar-refractivity contribution >= 4 is 34.5 Å². The highest BCUT2D eigenvalue weighted by Crippen LogP contribution is 2.46. The van der Waals surface area contributed by atoms with Gasteiger partial charge in [-0.15, -0.1) is 0 Å². The molecule has 0 saturated carbocycles. The highest BCUT2D eigenvalue weighted by molar-refractivity contribution is 6.33. The average molecular weight is 619 g/mol. The van der Waals surface area contributed by atoms with Crippen molar-refractivity contribution in [3.8, 4) is 11.1 Å². The number of para-hydroxylation sites is 1. The predicted octanol–water partition coefficient (Wildman–Crippen LogP) is 6.03. The van der Waals surface area contributed by atoms with Gasteiger partial charge in [-0.1, -0.05) is 48.0 Å². The zero-order valence-corrected chi connectivity index (χ0v) is 25.3. The van der Waals surface area contributed by atoms with Crippen LogP contribution in [0.4, 0.5) is 9.18 Å². The number of aromatic nitrogens is 1. The summed E-state index contributed by atoms with van der Waals surface area (Å²) >= 11 is 6.86. The number of aliphatic hydroxyl groups is 1. The van der Waals surface area contributed by atoms with Crippen LogP contribution in [0.25, 0.3) is 22.0 Å². The average Bonchev–Trinajstić information content (AvgIpc) is 3.05. The molecule has 2 heterocycles. The van der Waals surface area contributed by atoms with E-state index in [-0.39, 0.29) is 31.6 Å². The molecule has 1 fully saturated rings. The number of carbonyl (C=O) groups is 2. The van der Waals surface area contributed by atoms with E-state index in [1.165, 1.54) is 19.2 Å². The Kier molecular flexibility index (Phi) is 9.78. The van der Waals surface area contributed by atoms with E-state index in [0.717, 1.165) is 16.5 Å². The highest BCUT2D eigenvalue weighted by atomic mass is 35.5. The second-order valence-corrected chi connectivity index (χ2v) is 11.5. The Balaban J connectivity index is 1.53. The largest absolute Gasteiger partial charge is 0.453 e. The number of halogens is 2. The summed E-state index contributed by atoms with van der Waals surface area (Å²) in [6, 6.07) is 19.6. The maximum absolute atomic E-state index is 14.9. The third-order valence-electron chi connectivity index (χ3n) is 8.43. The second kappa shape index (κ2) is 13.7. The number of nitrogens with two attached hydrogens (primary N) is 1. The predicted molar refractivity (Wildman–Crippen MR) is 169 cm³/mol. The summed E-state index contributed by atoms with van der Waals surface area (Å²) in [5.41, 5.74) is 7.61. The minimum Gasteiger partial charge on any atom is -0.453 e. The lowest BCUT2D eigenvalue weighted by Crippen LogP contribution is -2.48. The molecule has 5 rings (SSSR count). The van der Waals surface area contributed by atoms with Crippen molar-refractivity contribution in [1.29, 1.82) is 0 Å². The van der Waals surface area contributed by atoms with Crippen LogP contribution >= 0.6 is 11.6 Å². The lowest BCUT2D eigenvalue weighted by molar-refractivity contribution is -0.0563. The molecule has 44 heavy (non-hydrogen) atoms. The van der Waals surface area contributed by atoms with E-state index in [2.05, 4.69) is 10.3 Å². The smallest absolute Gasteiger partial charge is 0.406 e. The van der Waals surface area contributed by atoms with Crippen molar-refractivity contribution in [1.82, 2.24) is 15.2 Å². The van der Waals surface area contributed by atoms with Gasteiger partial charge in [0, 0.05) is 59.8 Å². The van der Waals surface area contributed by atoms with E-state index < -0.39 is 29.3 Å². The molecule has 1 aliphatic rings. The molecule has 0 aliphatic carbocycles. The van der Waals surface area contributed by atoms with Gasteiger partial charge in [-0.05, 0) is 67.1 Å². The van der Waals surface area contributed by atoms with Crippen LogP contribution in [0.2, 0.25) is 5.02 Å². The molecule has 2 atom stereocenters. The Morgan fingerprint density at radius 3 is 2.77 bits per heavy atom. The van der Waals surface area contributed by atoms with Gasteiger partial charge < -0.3 is 25.8 Å². The Morgan fingerprint density at radius 2 is 2.00 bits per heavy atom. The van der Waals surface area contributed by atoms with Gasteiger partial charge in [0.1, 0.15) is 5.82 Å². The number of nitrogens with one attached hydrogen (secondary N) is 1. The molecule has 0 radical (unpaired) electrons. The van der Waals surface area contributed by atoms with Gasteiger partial charge >= 0.3 is 6.09 Å². The van der Waals surface area contributed by atoms with E-state index in [1.807, 2.05) is 36.4 Å². The van der Waals surface area contributed by atoms with Crippen LogP contribution in [-0.2, 0) is 16.9 Å². The summed E-state index contributed by atoms with van der Waals surface area (Å²) < 4.78 is 19.6. The van der Waals surface area contributed by atoms with E-state index in [4.69, 9.17) is 22.1 Å². The molecule has 2 amide bonds. The standard InChI is InChI=1S/C34H36ClFN4O4/c1-44-33(42)38-15-6-14-34(43,25-8-5-16-40(21-25)32(41)26-13-12-22(19-37)17-29(26)36)27-9-4-10-28(35)31(27)24-18-23-7-2-3-11-30(23)39-20-24/h2-4,7,9-13,17-18,20,25,43H,5-6,8,14-16,19,21,37H2,1H3,(H,38,42)/t25-,34+/m1/s1. The number of nitrogens with zero attached hydrogens (tertiary/aromatic N) is 2. The summed E-state index contributed by atoms with van der Waals surface area (Å²) in [5.74, 6) is -1.46. The molecule has 0 unspecified atom stereocenters. The van der Waals surface area contributed by atoms with Gasteiger partial charge in [0.25, 0.3) is 5.91 Å². The maximum atomic E-state index is 14.9. The van der Waals surface area contributed by atoms with E-state index in [1.54, 1.807) is 29.3 Å². The normalized spacial score (nSPS) is 16.4. The number of piperidine rings is 1. The number of rotatable bonds is 9. The molecule has 10 heteroatoms. The summed E-state index contributed by atoms with van der Waals surface area (Å²) in [7, 11) is 1.29. The third-order valence-corrected chi connectivity index (χ3v) is 8.75. The first kappa shape index (κ1) is 31.4. The van der Waals surface area contributed by atoms with Crippen LogP contribution in [0.3, 0.4) is 0 Å². The highest BCUT2D eigenvalue weighted by Gasteiger charge is 2.43. The first-order valence-electron chi connectivity index (χ1n) is 14.7. The minimum absolute atomic E-state index is 0.0284. The van der Waals surface area contributed by atoms with Gasteiger partial charge in [-0.3, -0.25) is 9.78 Å². The summed E-state index contributed by atoms with van der Waals surface area (Å²) in [6.07, 6.45) is 3.12. The molecule has 1 aromatic heterocycles. The fourth-order valence-electron chi connectivity index (χ4n) is 6.15. The molecule has 0 bridgehead atoms. The van der Waals surface area contributed by atoms with Gasteiger partial charge in [0.2, 0.25) is 0 Å². The first-order valence-corrected chi connectivity index (χ1v) is 15.1. The number of carbonyl (C=O) groups excluding carboxylic acids is 2. The number of likely N-dealkylation sites (tertiary alicyclic amines) is 1. The van der Waals surface area contributed by atoms with Gasteiger partial charge in [-0.2, -0.15) is 0 Å². The number of fused-ring (bicyclic) bond motifs is 1. The zero-order valence-electron chi connectivity index (χ0n) is 24.6. The van der Waals surface area contributed by atoms with Gasteiger partial charge in [-0.25, -0.2) is 9.18 Å². The van der Waals surface area contributed by atoms with Crippen molar-refractivity contribution in [3.63, 3.8) is 0 Å². The Hall–Kier alpha value is -4.05. The molecular weight excluding hydrogens is 583 g/mol. The Labute approximate surface area is 261 Å². The fourth-order valence-corrected chi connectivity index (χ4v) is 6.43. The fraction of sp³-hybridized carbons (Fsp3) is 0.324. The molecule has 230 valence electrons. The lowest BCUT2D eigenvalue weighted by Gasteiger charge is -2.44. The van der Waals surface area contributed by atoms with E-state index in [0.29, 0.717) is 47.5 Å².